The van der Waals surface area contributed by atoms with E-state index in [0.29, 0.717) is 17.2 Å². The van der Waals surface area contributed by atoms with Crippen molar-refractivity contribution < 1.29 is 12.8 Å². The number of rotatable bonds is 5. The molecule has 10 nitrogen and oxygen atoms in total. The third kappa shape index (κ3) is 3.30. The molecule has 9 rings (SSSR count). The molecule has 3 fully saturated rings. The number of aromatic amines is 1. The normalized spacial score (nSPS) is 22.9. The first-order valence-corrected chi connectivity index (χ1v) is 15.0. The fourth-order valence-corrected chi connectivity index (χ4v) is 8.31. The molecule has 0 spiro atoms. The van der Waals surface area contributed by atoms with Crippen LogP contribution < -0.4 is 5.32 Å². The van der Waals surface area contributed by atoms with Crippen molar-refractivity contribution in [2.75, 3.05) is 5.32 Å². The van der Waals surface area contributed by atoms with Crippen LogP contribution in [0.2, 0.25) is 0 Å². The first kappa shape index (κ1) is 23.6. The van der Waals surface area contributed by atoms with Crippen molar-refractivity contribution in [2.45, 2.75) is 66.3 Å². The largest absolute Gasteiger partial charge is 0.424 e. The Kier molecular flexibility index (Phi) is 4.80. The van der Waals surface area contributed by atoms with Gasteiger partial charge in [0.15, 0.2) is 16.9 Å². The Labute approximate surface area is 229 Å². The van der Waals surface area contributed by atoms with E-state index >= 15 is 0 Å². The molecule has 11 heteroatoms. The standard InChI is InChI=1S/C29H27N7O3S/c1-18-6-2-5-9-22(18)40(37,38)25-24-34-35-26(36(24)20-10-17-30-23(20)32-25)28-11-14-29(15-12-28,16-13-28)33-27-31-19-7-3-4-8-21(19)39-27/h2-10,17,30H,11-16H2,1H3,(H,31,33). The number of sulfone groups is 1. The highest BCUT2D eigenvalue weighted by atomic mass is 32.2. The summed E-state index contributed by atoms with van der Waals surface area (Å²) in [6, 6.07) is 17.2. The van der Waals surface area contributed by atoms with E-state index in [1.54, 1.807) is 31.3 Å². The molecule has 0 aliphatic heterocycles. The Balaban J connectivity index is 1.19. The van der Waals surface area contributed by atoms with Gasteiger partial charge in [-0.2, -0.15) is 4.98 Å². The third-order valence-electron chi connectivity index (χ3n) is 9.04. The summed E-state index contributed by atoms with van der Waals surface area (Å²) in [5, 5.41) is 12.7. The van der Waals surface area contributed by atoms with E-state index in [2.05, 4.69) is 30.5 Å². The highest BCUT2D eigenvalue weighted by Crippen LogP contribution is 2.54. The van der Waals surface area contributed by atoms with Crippen LogP contribution in [0.25, 0.3) is 27.9 Å². The lowest BCUT2D eigenvalue weighted by molar-refractivity contribution is 0.112. The van der Waals surface area contributed by atoms with Crippen molar-refractivity contribution >= 4 is 43.8 Å². The third-order valence-corrected chi connectivity index (χ3v) is 10.9. The molecule has 0 atom stereocenters. The summed E-state index contributed by atoms with van der Waals surface area (Å²) in [4.78, 5) is 12.5. The van der Waals surface area contributed by atoms with Gasteiger partial charge in [0.1, 0.15) is 11.3 Å². The van der Waals surface area contributed by atoms with Gasteiger partial charge < -0.3 is 14.7 Å². The number of H-pyrrole nitrogens is 1. The summed E-state index contributed by atoms with van der Waals surface area (Å²) >= 11 is 0. The van der Waals surface area contributed by atoms with Crippen LogP contribution in [0.15, 0.2) is 75.1 Å². The fourth-order valence-electron chi connectivity index (χ4n) is 6.77. The van der Waals surface area contributed by atoms with E-state index in [4.69, 9.17) is 4.42 Å². The van der Waals surface area contributed by atoms with E-state index in [9.17, 15) is 8.42 Å². The molecule has 0 radical (unpaired) electrons. The minimum atomic E-state index is -3.94. The number of aromatic nitrogens is 6. The molecular formula is C29H27N7O3S. The van der Waals surface area contributed by atoms with Gasteiger partial charge in [-0.25, -0.2) is 13.4 Å². The van der Waals surface area contributed by atoms with Crippen LogP contribution >= 0.6 is 0 Å². The maximum absolute atomic E-state index is 13.9. The number of nitrogens with zero attached hydrogens (tertiary/aromatic N) is 5. The zero-order valence-corrected chi connectivity index (χ0v) is 22.7. The Hall–Kier alpha value is -4.25. The zero-order valence-electron chi connectivity index (χ0n) is 21.9. The second kappa shape index (κ2) is 8.14. The average molecular weight is 554 g/mol. The lowest BCUT2D eigenvalue weighted by atomic mass is 9.57. The van der Waals surface area contributed by atoms with Crippen molar-refractivity contribution in [3.05, 3.63) is 72.2 Å². The summed E-state index contributed by atoms with van der Waals surface area (Å²) in [6.45, 7) is 1.79. The minimum Gasteiger partial charge on any atom is -0.424 e. The summed E-state index contributed by atoms with van der Waals surface area (Å²) in [5.41, 5.74) is 3.53. The van der Waals surface area contributed by atoms with Gasteiger partial charge in [0.05, 0.1) is 10.4 Å². The molecule has 2 aromatic carbocycles. The maximum atomic E-state index is 13.9. The number of nitrogens with one attached hydrogen (secondary N) is 2. The molecule has 202 valence electrons. The van der Waals surface area contributed by atoms with Gasteiger partial charge in [0.25, 0.3) is 6.01 Å². The zero-order chi connectivity index (χ0) is 27.1. The van der Waals surface area contributed by atoms with Crippen LogP contribution in [-0.2, 0) is 15.3 Å². The predicted octanol–water partition coefficient (Wildman–Crippen LogP) is 5.34. The van der Waals surface area contributed by atoms with Gasteiger partial charge >= 0.3 is 0 Å². The monoisotopic (exact) mass is 553 g/mol. The number of para-hydroxylation sites is 2. The molecule has 3 aliphatic rings. The van der Waals surface area contributed by atoms with Crippen LogP contribution in [0.4, 0.5) is 6.01 Å². The Morgan fingerprint density at radius 2 is 1.68 bits per heavy atom. The molecule has 0 saturated heterocycles. The Morgan fingerprint density at radius 3 is 2.45 bits per heavy atom. The number of hydrogen-bond donors (Lipinski definition) is 2. The van der Waals surface area contributed by atoms with Crippen molar-refractivity contribution in [1.29, 1.82) is 0 Å². The molecule has 4 heterocycles. The molecule has 6 aromatic rings. The number of hydrogen-bond acceptors (Lipinski definition) is 8. The lowest BCUT2D eigenvalue weighted by Crippen LogP contribution is -2.53. The number of fused-ring (bicyclic) bond motifs is 7. The molecule has 4 aromatic heterocycles. The molecule has 0 amide bonds. The fraction of sp³-hybridized carbons (Fsp3) is 0.310. The van der Waals surface area contributed by atoms with Crippen LogP contribution in [-0.4, -0.2) is 43.5 Å². The summed E-state index contributed by atoms with van der Waals surface area (Å²) in [5.74, 6) is 0.811. The van der Waals surface area contributed by atoms with E-state index in [1.165, 1.54) is 0 Å². The molecule has 0 unspecified atom stereocenters. The van der Waals surface area contributed by atoms with Crippen LogP contribution in [0.3, 0.4) is 0 Å². The molecule has 3 aliphatic carbocycles. The lowest BCUT2D eigenvalue weighted by Gasteiger charge is -2.52. The van der Waals surface area contributed by atoms with Crippen molar-refractivity contribution in [3.63, 3.8) is 0 Å². The smallest absolute Gasteiger partial charge is 0.296 e. The van der Waals surface area contributed by atoms with Crippen molar-refractivity contribution in [1.82, 2.24) is 29.5 Å². The summed E-state index contributed by atoms with van der Waals surface area (Å²) in [7, 11) is -3.94. The van der Waals surface area contributed by atoms with Crippen molar-refractivity contribution in [3.8, 4) is 0 Å². The highest BCUT2D eigenvalue weighted by molar-refractivity contribution is 7.91. The Bertz CT molecular complexity index is 2000. The van der Waals surface area contributed by atoms with Gasteiger partial charge in [-0.3, -0.25) is 4.40 Å². The van der Waals surface area contributed by atoms with Gasteiger partial charge in [-0.1, -0.05) is 30.3 Å². The van der Waals surface area contributed by atoms with Gasteiger partial charge in [-0.05, 0) is 75.3 Å². The molecule has 3 saturated carbocycles. The maximum Gasteiger partial charge on any atom is 0.296 e. The number of aryl methyl sites for hydroxylation is 1. The Morgan fingerprint density at radius 1 is 0.925 bits per heavy atom. The van der Waals surface area contributed by atoms with Crippen LogP contribution in [0, 0.1) is 6.92 Å². The molecule has 40 heavy (non-hydrogen) atoms. The number of anilines is 1. The topological polar surface area (TPSA) is 131 Å². The van der Waals surface area contributed by atoms with E-state index in [0.717, 1.165) is 61.0 Å². The van der Waals surface area contributed by atoms with Gasteiger partial charge in [0, 0.05) is 17.2 Å². The van der Waals surface area contributed by atoms with E-state index in [1.807, 2.05) is 40.8 Å². The molecule has 2 N–H and O–H groups in total. The summed E-state index contributed by atoms with van der Waals surface area (Å²) < 4.78 is 35.7. The average Bonchev–Trinajstić information content (AvgIpc) is 3.71. The highest BCUT2D eigenvalue weighted by Gasteiger charge is 2.52. The van der Waals surface area contributed by atoms with Gasteiger partial charge in [-0.15, -0.1) is 10.2 Å². The first-order chi connectivity index (χ1) is 19.4. The number of benzene rings is 2. The minimum absolute atomic E-state index is 0.0782. The summed E-state index contributed by atoms with van der Waals surface area (Å²) in [6.07, 6.45) is 7.25. The first-order valence-electron chi connectivity index (χ1n) is 13.5. The number of oxazole rings is 1. The van der Waals surface area contributed by atoms with Crippen LogP contribution in [0.5, 0.6) is 0 Å². The second-order valence-electron chi connectivity index (χ2n) is 11.3. The quantitative estimate of drug-likeness (QED) is 0.292. The molecular weight excluding hydrogens is 526 g/mol. The van der Waals surface area contributed by atoms with Crippen molar-refractivity contribution in [2.24, 2.45) is 0 Å². The molecule has 2 bridgehead atoms. The second-order valence-corrected chi connectivity index (χ2v) is 13.1. The SMILES string of the molecule is Cc1ccccc1S(=O)(=O)c1nc2[nH]ccc2n2c(C34CCC(Nc5nc6ccccc6o5)(CC3)CC4)nnc12. The van der Waals surface area contributed by atoms with E-state index in [-0.39, 0.29) is 26.5 Å². The van der Waals surface area contributed by atoms with E-state index < -0.39 is 9.84 Å². The van der Waals surface area contributed by atoms with Gasteiger partial charge in [0.2, 0.25) is 14.9 Å². The van der Waals surface area contributed by atoms with Crippen LogP contribution in [0.1, 0.15) is 49.9 Å². The predicted molar refractivity (Wildman–Crippen MR) is 149 cm³/mol.